The molecule has 0 spiro atoms. The summed E-state index contributed by atoms with van der Waals surface area (Å²) < 4.78 is 0. The van der Waals surface area contributed by atoms with E-state index < -0.39 is 0 Å². The van der Waals surface area contributed by atoms with Crippen LogP contribution < -0.4 is 0 Å². The highest BCUT2D eigenvalue weighted by atomic mass is 35.5. The van der Waals surface area contributed by atoms with E-state index in [0.29, 0.717) is 21.6 Å². The molecule has 1 aromatic heterocycles. The third kappa shape index (κ3) is 2.35. The monoisotopic (exact) mass is 415 g/mol. The zero-order valence-electron chi connectivity index (χ0n) is 14.4. The molecule has 0 aliphatic carbocycles. The van der Waals surface area contributed by atoms with Crippen LogP contribution in [0.5, 0.6) is 0 Å². The molecule has 136 valence electrons. The fraction of sp³-hybridized carbons (Fsp3) is 0.200. The van der Waals surface area contributed by atoms with E-state index in [1.807, 2.05) is 29.2 Å². The number of carbonyl (C=O) groups excluding carboxylic acids is 1. The number of aromatic nitrogens is 1. The second-order valence-electron chi connectivity index (χ2n) is 6.95. The summed E-state index contributed by atoms with van der Waals surface area (Å²) in [6, 6.07) is 13.2. The first-order valence-corrected chi connectivity index (χ1v) is 9.78. The predicted molar refractivity (Wildman–Crippen MR) is 111 cm³/mol. The molecular formula is C20H15Cl2N3OS. The smallest absolute Gasteiger partial charge is 0.251 e. The number of carbonyl (C=O) groups is 1. The van der Waals surface area contributed by atoms with Crippen LogP contribution in [-0.2, 0) is 11.2 Å². The van der Waals surface area contributed by atoms with Gasteiger partial charge in [0.2, 0.25) is 0 Å². The van der Waals surface area contributed by atoms with E-state index >= 15 is 0 Å². The van der Waals surface area contributed by atoms with Crippen molar-refractivity contribution in [3.8, 4) is 0 Å². The van der Waals surface area contributed by atoms with Crippen molar-refractivity contribution >= 4 is 57.3 Å². The van der Waals surface area contributed by atoms with E-state index in [9.17, 15) is 4.79 Å². The maximum absolute atomic E-state index is 12.9. The number of H-pyrrole nitrogens is 1. The molecule has 2 atom stereocenters. The number of halogens is 2. The van der Waals surface area contributed by atoms with Gasteiger partial charge in [0.25, 0.3) is 5.91 Å². The molecule has 0 radical (unpaired) electrons. The maximum atomic E-state index is 12.9. The van der Waals surface area contributed by atoms with Gasteiger partial charge in [-0.2, -0.15) is 0 Å². The Kier molecular flexibility index (Phi) is 3.76. The van der Waals surface area contributed by atoms with E-state index in [1.54, 1.807) is 18.0 Å². The summed E-state index contributed by atoms with van der Waals surface area (Å²) in [5.74, 6) is 0.0287. The number of benzene rings is 2. The number of thiocarbonyl (C=S) groups is 1. The Morgan fingerprint density at radius 1 is 1.15 bits per heavy atom. The highest BCUT2D eigenvalue weighted by molar-refractivity contribution is 7.80. The predicted octanol–water partition coefficient (Wildman–Crippen LogP) is 4.55. The van der Waals surface area contributed by atoms with E-state index in [1.165, 1.54) is 0 Å². The van der Waals surface area contributed by atoms with Gasteiger partial charge in [-0.25, -0.2) is 0 Å². The Bertz CT molecular complexity index is 1130. The first-order valence-electron chi connectivity index (χ1n) is 8.61. The summed E-state index contributed by atoms with van der Waals surface area (Å²) >= 11 is 18.1. The molecule has 2 aliphatic rings. The van der Waals surface area contributed by atoms with E-state index in [-0.39, 0.29) is 18.0 Å². The highest BCUT2D eigenvalue weighted by Crippen LogP contribution is 2.44. The molecule has 5 rings (SSSR count). The minimum Gasteiger partial charge on any atom is -0.356 e. The molecular weight excluding hydrogens is 401 g/mol. The van der Waals surface area contributed by atoms with Crippen LogP contribution in [0, 0.1) is 0 Å². The number of amides is 1. The number of fused-ring (bicyclic) bond motifs is 4. The molecule has 4 nitrogen and oxygen atoms in total. The lowest BCUT2D eigenvalue weighted by molar-refractivity contribution is -0.127. The van der Waals surface area contributed by atoms with Gasteiger partial charge >= 0.3 is 0 Å². The van der Waals surface area contributed by atoms with Crippen molar-refractivity contribution < 1.29 is 4.79 Å². The fourth-order valence-corrected chi connectivity index (χ4v) is 4.86. The standard InChI is InChI=1S/C20H15Cl2N3OS/c1-24-19(26)16-9-12-11-4-2-3-5-15(11)23-17(12)18(25(16)20(24)27)10-6-7-13(21)14(22)8-10/h2-8,16,18,23H,9H2,1H3/t16-,18+/m0/s1. The average Bonchev–Trinajstić information content (AvgIpc) is 3.14. The minimum atomic E-state index is -0.311. The zero-order chi connectivity index (χ0) is 18.9. The van der Waals surface area contributed by atoms with Crippen LogP contribution in [0.4, 0.5) is 0 Å². The molecule has 2 aromatic carbocycles. The number of nitrogens with zero attached hydrogens (tertiary/aromatic N) is 2. The second kappa shape index (κ2) is 5.96. The molecule has 1 N–H and O–H groups in total. The highest BCUT2D eigenvalue weighted by Gasteiger charge is 2.49. The quantitative estimate of drug-likeness (QED) is 0.592. The molecule has 1 fully saturated rings. The summed E-state index contributed by atoms with van der Waals surface area (Å²) in [6.45, 7) is 0. The lowest BCUT2D eigenvalue weighted by Gasteiger charge is -2.37. The maximum Gasteiger partial charge on any atom is 0.251 e. The van der Waals surface area contributed by atoms with E-state index in [2.05, 4.69) is 17.1 Å². The molecule has 3 aromatic rings. The van der Waals surface area contributed by atoms with Crippen LogP contribution in [-0.4, -0.2) is 38.9 Å². The van der Waals surface area contributed by atoms with Crippen LogP contribution in [0.25, 0.3) is 10.9 Å². The second-order valence-corrected chi connectivity index (χ2v) is 8.13. The number of nitrogens with one attached hydrogen (secondary N) is 1. The van der Waals surface area contributed by atoms with Crippen LogP contribution in [0.2, 0.25) is 10.0 Å². The molecule has 27 heavy (non-hydrogen) atoms. The van der Waals surface area contributed by atoms with Crippen LogP contribution >= 0.6 is 35.4 Å². The molecule has 7 heteroatoms. The number of hydrogen-bond donors (Lipinski definition) is 1. The Hall–Kier alpha value is -2.08. The Labute approximate surface area is 171 Å². The molecule has 1 amide bonds. The lowest BCUT2D eigenvalue weighted by atomic mass is 9.89. The third-order valence-corrected chi connectivity index (χ3v) is 6.74. The molecule has 3 heterocycles. The Morgan fingerprint density at radius 2 is 1.93 bits per heavy atom. The Balaban J connectivity index is 1.78. The summed E-state index contributed by atoms with van der Waals surface area (Å²) in [6.07, 6.45) is 0.625. The van der Waals surface area contributed by atoms with Crippen molar-refractivity contribution in [3.05, 3.63) is 69.3 Å². The van der Waals surface area contributed by atoms with Crippen molar-refractivity contribution in [2.24, 2.45) is 0 Å². The van der Waals surface area contributed by atoms with Gasteiger partial charge < -0.3 is 9.88 Å². The largest absolute Gasteiger partial charge is 0.356 e. The average molecular weight is 416 g/mol. The molecule has 0 saturated carbocycles. The number of para-hydroxylation sites is 1. The SMILES string of the molecule is CN1C(=O)[C@@H]2Cc3c([nH]c4ccccc34)[C@@H](c3ccc(Cl)c(Cl)c3)N2C1=S. The van der Waals surface area contributed by atoms with Gasteiger partial charge in [-0.05, 0) is 41.5 Å². The van der Waals surface area contributed by atoms with Gasteiger partial charge in [-0.15, -0.1) is 0 Å². The van der Waals surface area contributed by atoms with Crippen LogP contribution in [0.3, 0.4) is 0 Å². The summed E-state index contributed by atoms with van der Waals surface area (Å²) in [5, 5.41) is 2.66. The third-order valence-electron chi connectivity index (χ3n) is 5.51. The normalized spacial score (nSPS) is 21.7. The van der Waals surface area contributed by atoms with Gasteiger partial charge in [-0.1, -0.05) is 47.5 Å². The number of likely N-dealkylation sites (N-methyl/N-ethyl adjacent to an activating group) is 1. The molecule has 1 saturated heterocycles. The van der Waals surface area contributed by atoms with Crippen LogP contribution in [0.15, 0.2) is 42.5 Å². The van der Waals surface area contributed by atoms with Gasteiger partial charge in [0.1, 0.15) is 6.04 Å². The molecule has 0 bridgehead atoms. The Morgan fingerprint density at radius 3 is 2.70 bits per heavy atom. The first-order chi connectivity index (χ1) is 13.0. The van der Waals surface area contributed by atoms with Crippen molar-refractivity contribution in [2.75, 3.05) is 7.05 Å². The topological polar surface area (TPSA) is 39.3 Å². The van der Waals surface area contributed by atoms with Crippen molar-refractivity contribution in [2.45, 2.75) is 18.5 Å². The molecule has 0 unspecified atom stereocenters. The summed E-state index contributed by atoms with van der Waals surface area (Å²) in [7, 11) is 1.74. The molecule has 2 aliphatic heterocycles. The summed E-state index contributed by atoms with van der Waals surface area (Å²) in [4.78, 5) is 20.0. The van der Waals surface area contributed by atoms with E-state index in [4.69, 9.17) is 35.4 Å². The van der Waals surface area contributed by atoms with E-state index in [0.717, 1.165) is 27.7 Å². The number of aromatic amines is 1. The zero-order valence-corrected chi connectivity index (χ0v) is 16.7. The van der Waals surface area contributed by atoms with Gasteiger partial charge in [0.15, 0.2) is 5.11 Å². The van der Waals surface area contributed by atoms with Gasteiger partial charge in [0, 0.05) is 30.1 Å². The minimum absolute atomic E-state index is 0.0287. The van der Waals surface area contributed by atoms with Crippen LogP contribution in [0.1, 0.15) is 22.9 Å². The van der Waals surface area contributed by atoms with Crippen molar-refractivity contribution in [1.82, 2.24) is 14.8 Å². The van der Waals surface area contributed by atoms with Crippen molar-refractivity contribution in [1.29, 1.82) is 0 Å². The summed E-state index contributed by atoms with van der Waals surface area (Å²) in [5.41, 5.74) is 4.22. The van der Waals surface area contributed by atoms with Crippen molar-refractivity contribution in [3.63, 3.8) is 0 Å². The van der Waals surface area contributed by atoms with Gasteiger partial charge in [-0.3, -0.25) is 9.69 Å². The fourth-order valence-electron chi connectivity index (χ4n) is 4.24. The van der Waals surface area contributed by atoms with Gasteiger partial charge in [0.05, 0.1) is 16.1 Å². The lowest BCUT2D eigenvalue weighted by Crippen LogP contribution is -2.44. The number of rotatable bonds is 1. The first kappa shape index (κ1) is 17.0. The number of hydrogen-bond acceptors (Lipinski definition) is 2.